The fraction of sp³-hybridized carbons (Fsp3) is 0.438. The van der Waals surface area contributed by atoms with Gasteiger partial charge in [-0.05, 0) is 30.5 Å². The van der Waals surface area contributed by atoms with Gasteiger partial charge in [0.1, 0.15) is 11.6 Å². The second-order valence-corrected chi connectivity index (χ2v) is 5.30. The van der Waals surface area contributed by atoms with Gasteiger partial charge in [0.25, 0.3) is 0 Å². The fourth-order valence-electron chi connectivity index (χ4n) is 2.95. The molecule has 20 heavy (non-hydrogen) atoms. The Morgan fingerprint density at radius 3 is 3.15 bits per heavy atom. The van der Waals surface area contributed by atoms with Crippen LogP contribution in [0.5, 0.6) is 5.75 Å². The van der Waals surface area contributed by atoms with Crippen molar-refractivity contribution in [1.29, 1.82) is 0 Å². The fourth-order valence-corrected chi connectivity index (χ4v) is 2.95. The van der Waals surface area contributed by atoms with E-state index in [9.17, 15) is 5.11 Å². The van der Waals surface area contributed by atoms with E-state index in [1.807, 2.05) is 24.4 Å². The topological polar surface area (TPSA) is 47.3 Å². The Labute approximate surface area is 119 Å². The number of rotatable bonds is 4. The van der Waals surface area contributed by atoms with Crippen LogP contribution in [0.2, 0.25) is 0 Å². The van der Waals surface area contributed by atoms with Crippen LogP contribution in [0.25, 0.3) is 0 Å². The third kappa shape index (κ3) is 2.43. The molecule has 0 saturated heterocycles. The van der Waals surface area contributed by atoms with Gasteiger partial charge in [-0.15, -0.1) is 0 Å². The first kappa shape index (κ1) is 13.2. The van der Waals surface area contributed by atoms with Gasteiger partial charge in [0, 0.05) is 30.8 Å². The Morgan fingerprint density at radius 1 is 1.45 bits per heavy atom. The molecule has 0 saturated carbocycles. The standard InChI is InChI=1S/C16H20N2O2/c1-20-14-6-2-4-12(8-14)9-16-17-10-15-13(11-19)5-3-7-18(15)16/h2,4,6,8,10,13,19H,3,5,7,9,11H2,1H3. The summed E-state index contributed by atoms with van der Waals surface area (Å²) in [7, 11) is 1.68. The quantitative estimate of drug-likeness (QED) is 0.929. The van der Waals surface area contributed by atoms with Crippen molar-refractivity contribution in [3.63, 3.8) is 0 Å². The molecule has 2 aromatic rings. The van der Waals surface area contributed by atoms with Crippen molar-refractivity contribution in [2.45, 2.75) is 31.7 Å². The van der Waals surface area contributed by atoms with Crippen LogP contribution in [0, 0.1) is 0 Å². The average molecular weight is 272 g/mol. The summed E-state index contributed by atoms with van der Waals surface area (Å²) < 4.78 is 7.53. The molecule has 1 aromatic heterocycles. The summed E-state index contributed by atoms with van der Waals surface area (Å²) in [5.41, 5.74) is 2.38. The molecule has 106 valence electrons. The van der Waals surface area contributed by atoms with Gasteiger partial charge in [0.15, 0.2) is 0 Å². The predicted octanol–water partition coefficient (Wildman–Crippen LogP) is 2.35. The summed E-state index contributed by atoms with van der Waals surface area (Å²) in [5.74, 6) is 2.20. The molecule has 0 radical (unpaired) electrons. The number of aliphatic hydroxyl groups is 1. The molecule has 0 aliphatic carbocycles. The molecule has 1 aliphatic heterocycles. The van der Waals surface area contributed by atoms with E-state index in [0.29, 0.717) is 0 Å². The largest absolute Gasteiger partial charge is 0.497 e. The molecule has 0 bridgehead atoms. The maximum absolute atomic E-state index is 9.45. The van der Waals surface area contributed by atoms with Gasteiger partial charge >= 0.3 is 0 Å². The number of aromatic nitrogens is 2. The molecule has 0 spiro atoms. The number of hydrogen-bond donors (Lipinski definition) is 1. The summed E-state index contributed by atoms with van der Waals surface area (Å²) in [6.45, 7) is 1.22. The first-order valence-corrected chi connectivity index (χ1v) is 7.10. The molecule has 2 heterocycles. The number of fused-ring (bicyclic) bond motifs is 1. The SMILES string of the molecule is COc1cccc(Cc2ncc3n2CCCC3CO)c1. The number of benzene rings is 1. The third-order valence-electron chi connectivity index (χ3n) is 4.04. The second-order valence-electron chi connectivity index (χ2n) is 5.30. The summed E-state index contributed by atoms with van der Waals surface area (Å²) in [5, 5.41) is 9.45. The number of aliphatic hydroxyl groups excluding tert-OH is 1. The van der Waals surface area contributed by atoms with Crippen molar-refractivity contribution in [3.05, 3.63) is 47.5 Å². The van der Waals surface area contributed by atoms with E-state index < -0.39 is 0 Å². The van der Waals surface area contributed by atoms with Crippen molar-refractivity contribution in [1.82, 2.24) is 9.55 Å². The second kappa shape index (κ2) is 5.67. The molecule has 1 N–H and O–H groups in total. The summed E-state index contributed by atoms with van der Waals surface area (Å²) in [4.78, 5) is 4.56. The molecule has 0 amide bonds. The van der Waals surface area contributed by atoms with Crippen molar-refractivity contribution in [2.24, 2.45) is 0 Å². The summed E-state index contributed by atoms with van der Waals surface area (Å²) in [6, 6.07) is 8.10. The smallest absolute Gasteiger partial charge is 0.119 e. The van der Waals surface area contributed by atoms with Gasteiger partial charge in [-0.3, -0.25) is 0 Å². The number of ether oxygens (including phenoxy) is 1. The van der Waals surface area contributed by atoms with E-state index in [-0.39, 0.29) is 12.5 Å². The lowest BCUT2D eigenvalue weighted by molar-refractivity contribution is 0.240. The van der Waals surface area contributed by atoms with Crippen LogP contribution < -0.4 is 4.74 Å². The van der Waals surface area contributed by atoms with Crippen molar-refractivity contribution in [2.75, 3.05) is 13.7 Å². The minimum Gasteiger partial charge on any atom is -0.497 e. The zero-order valence-electron chi connectivity index (χ0n) is 11.7. The lowest BCUT2D eigenvalue weighted by Crippen LogP contribution is -2.19. The van der Waals surface area contributed by atoms with Crippen LogP contribution >= 0.6 is 0 Å². The van der Waals surface area contributed by atoms with Crippen LogP contribution in [0.1, 0.15) is 35.8 Å². The van der Waals surface area contributed by atoms with Crippen LogP contribution in [0.4, 0.5) is 0 Å². The maximum atomic E-state index is 9.45. The molecule has 1 aromatic carbocycles. The molecular formula is C16H20N2O2. The Hall–Kier alpha value is -1.81. The number of nitrogens with zero attached hydrogens (tertiary/aromatic N) is 2. The van der Waals surface area contributed by atoms with Crippen LogP contribution in [0.3, 0.4) is 0 Å². The number of imidazole rings is 1. The minimum absolute atomic E-state index is 0.213. The summed E-state index contributed by atoms with van der Waals surface area (Å²) in [6.07, 6.45) is 4.89. The Balaban J connectivity index is 1.86. The Morgan fingerprint density at radius 2 is 2.35 bits per heavy atom. The van der Waals surface area contributed by atoms with Gasteiger partial charge in [0.05, 0.1) is 13.7 Å². The molecule has 1 aliphatic rings. The Bertz CT molecular complexity index is 592. The molecule has 1 unspecified atom stereocenters. The van der Waals surface area contributed by atoms with Crippen LogP contribution in [-0.2, 0) is 13.0 Å². The van der Waals surface area contributed by atoms with Gasteiger partial charge in [-0.1, -0.05) is 12.1 Å². The van der Waals surface area contributed by atoms with Crippen molar-refractivity contribution >= 4 is 0 Å². The zero-order chi connectivity index (χ0) is 13.9. The number of methoxy groups -OCH3 is 1. The van der Waals surface area contributed by atoms with Crippen molar-refractivity contribution in [3.8, 4) is 5.75 Å². The summed E-state index contributed by atoms with van der Waals surface area (Å²) >= 11 is 0. The first-order valence-electron chi connectivity index (χ1n) is 7.10. The van der Waals surface area contributed by atoms with Gasteiger partial charge < -0.3 is 14.4 Å². The lowest BCUT2D eigenvalue weighted by atomic mass is 9.97. The highest BCUT2D eigenvalue weighted by Crippen LogP contribution is 2.28. The lowest BCUT2D eigenvalue weighted by Gasteiger charge is -2.23. The predicted molar refractivity (Wildman–Crippen MR) is 77.1 cm³/mol. The molecule has 4 heteroatoms. The van der Waals surface area contributed by atoms with E-state index in [1.54, 1.807) is 7.11 Å². The van der Waals surface area contributed by atoms with E-state index in [1.165, 1.54) is 11.3 Å². The normalized spacial score (nSPS) is 17.8. The molecular weight excluding hydrogens is 252 g/mol. The monoisotopic (exact) mass is 272 g/mol. The molecule has 4 nitrogen and oxygen atoms in total. The van der Waals surface area contributed by atoms with Crippen LogP contribution in [0.15, 0.2) is 30.5 Å². The number of hydrogen-bond acceptors (Lipinski definition) is 3. The molecule has 0 fully saturated rings. The first-order chi connectivity index (χ1) is 9.81. The van der Waals surface area contributed by atoms with Gasteiger partial charge in [-0.2, -0.15) is 0 Å². The highest BCUT2D eigenvalue weighted by atomic mass is 16.5. The van der Waals surface area contributed by atoms with Crippen LogP contribution in [-0.4, -0.2) is 28.4 Å². The molecule has 3 rings (SSSR count). The van der Waals surface area contributed by atoms with Gasteiger partial charge in [-0.25, -0.2) is 4.98 Å². The molecule has 1 atom stereocenters. The van der Waals surface area contributed by atoms with E-state index >= 15 is 0 Å². The zero-order valence-corrected chi connectivity index (χ0v) is 11.7. The van der Waals surface area contributed by atoms with Gasteiger partial charge in [0.2, 0.25) is 0 Å². The minimum atomic E-state index is 0.213. The highest BCUT2D eigenvalue weighted by molar-refractivity contribution is 5.31. The Kier molecular flexibility index (Phi) is 3.74. The van der Waals surface area contributed by atoms with E-state index in [4.69, 9.17) is 4.74 Å². The maximum Gasteiger partial charge on any atom is 0.119 e. The van der Waals surface area contributed by atoms with E-state index in [2.05, 4.69) is 15.6 Å². The third-order valence-corrected chi connectivity index (χ3v) is 4.04. The average Bonchev–Trinajstić information content (AvgIpc) is 2.90. The van der Waals surface area contributed by atoms with Crippen molar-refractivity contribution < 1.29 is 9.84 Å². The van der Waals surface area contributed by atoms with E-state index in [0.717, 1.165) is 37.4 Å². The highest BCUT2D eigenvalue weighted by Gasteiger charge is 2.22.